The quantitative estimate of drug-likeness (QED) is 0.792. The van der Waals surface area contributed by atoms with Crippen LogP contribution >= 0.6 is 0 Å². The van der Waals surface area contributed by atoms with Crippen LogP contribution in [0.2, 0.25) is 0 Å². The molecule has 0 aliphatic carbocycles. The van der Waals surface area contributed by atoms with Crippen molar-refractivity contribution in [3.8, 4) is 5.75 Å². The van der Waals surface area contributed by atoms with Gasteiger partial charge < -0.3 is 20.1 Å². The third kappa shape index (κ3) is 6.27. The lowest BCUT2D eigenvalue weighted by Gasteiger charge is -2.25. The van der Waals surface area contributed by atoms with Gasteiger partial charge in [-0.1, -0.05) is 42.5 Å². The Morgan fingerprint density at radius 3 is 2.71 bits per heavy atom. The molecule has 150 valence electrons. The van der Waals surface area contributed by atoms with Gasteiger partial charge in [-0.2, -0.15) is 0 Å². The number of ether oxygens (including phenoxy) is 2. The largest absolute Gasteiger partial charge is 0.493 e. The van der Waals surface area contributed by atoms with E-state index in [2.05, 4.69) is 22.8 Å². The fraction of sp³-hybridized carbons (Fsp3) is 0.435. The van der Waals surface area contributed by atoms with Gasteiger partial charge in [-0.15, -0.1) is 0 Å². The van der Waals surface area contributed by atoms with Crippen LogP contribution in [0.4, 0.5) is 4.79 Å². The van der Waals surface area contributed by atoms with Crippen molar-refractivity contribution in [1.82, 2.24) is 10.6 Å². The highest BCUT2D eigenvalue weighted by Gasteiger charge is 2.19. The molecule has 5 heteroatoms. The van der Waals surface area contributed by atoms with Gasteiger partial charge in [0.15, 0.2) is 0 Å². The number of carbonyl (C=O) groups excluding carboxylic acids is 1. The maximum Gasteiger partial charge on any atom is 0.315 e. The molecule has 1 aliphatic heterocycles. The molecule has 0 aromatic heterocycles. The number of para-hydroxylation sites is 1. The van der Waals surface area contributed by atoms with Crippen molar-refractivity contribution >= 4 is 6.03 Å². The van der Waals surface area contributed by atoms with E-state index in [0.29, 0.717) is 32.2 Å². The molecule has 2 aromatic rings. The molecule has 1 aliphatic rings. The number of nitrogens with one attached hydrogen (secondary N) is 2. The van der Waals surface area contributed by atoms with Crippen LogP contribution in [0, 0.1) is 5.92 Å². The van der Waals surface area contributed by atoms with E-state index in [9.17, 15) is 4.79 Å². The van der Waals surface area contributed by atoms with Gasteiger partial charge in [-0.05, 0) is 49.9 Å². The average molecular weight is 383 g/mol. The zero-order valence-electron chi connectivity index (χ0n) is 17.0. The molecule has 0 saturated heterocycles. The summed E-state index contributed by atoms with van der Waals surface area (Å²) in [6, 6.07) is 16.0. The van der Waals surface area contributed by atoms with Crippen molar-refractivity contribution in [2.75, 3.05) is 13.2 Å². The van der Waals surface area contributed by atoms with Crippen LogP contribution in [-0.4, -0.2) is 24.8 Å². The first kappa shape index (κ1) is 20.2. The highest BCUT2D eigenvalue weighted by atomic mass is 16.5. The Labute approximate surface area is 167 Å². The Morgan fingerprint density at radius 2 is 1.89 bits per heavy atom. The molecular weight excluding hydrogens is 352 g/mol. The molecule has 0 bridgehead atoms. The number of amides is 2. The van der Waals surface area contributed by atoms with Gasteiger partial charge in [0, 0.05) is 19.0 Å². The topological polar surface area (TPSA) is 59.6 Å². The van der Waals surface area contributed by atoms with E-state index in [1.807, 2.05) is 57.2 Å². The predicted octanol–water partition coefficient (Wildman–Crippen LogP) is 4.05. The van der Waals surface area contributed by atoms with Gasteiger partial charge in [0.1, 0.15) is 5.75 Å². The van der Waals surface area contributed by atoms with Crippen LogP contribution in [0.5, 0.6) is 5.75 Å². The summed E-state index contributed by atoms with van der Waals surface area (Å²) in [7, 11) is 0. The normalized spacial score (nSPS) is 16.0. The molecule has 2 N–H and O–H groups in total. The Balaban J connectivity index is 1.41. The number of rotatable bonds is 6. The van der Waals surface area contributed by atoms with E-state index in [1.165, 1.54) is 5.56 Å². The van der Waals surface area contributed by atoms with Crippen molar-refractivity contribution in [3.63, 3.8) is 0 Å². The highest BCUT2D eigenvalue weighted by molar-refractivity contribution is 5.73. The van der Waals surface area contributed by atoms with Crippen molar-refractivity contribution in [1.29, 1.82) is 0 Å². The van der Waals surface area contributed by atoms with Gasteiger partial charge in [0.2, 0.25) is 0 Å². The molecule has 0 fully saturated rings. The fourth-order valence-electron chi connectivity index (χ4n) is 3.13. The minimum Gasteiger partial charge on any atom is -0.493 e. The van der Waals surface area contributed by atoms with Gasteiger partial charge >= 0.3 is 6.03 Å². The molecule has 2 aromatic carbocycles. The first-order valence-electron chi connectivity index (χ1n) is 9.83. The summed E-state index contributed by atoms with van der Waals surface area (Å²) in [6.45, 7) is 8.40. The molecule has 5 nitrogen and oxygen atoms in total. The number of urea groups is 1. The van der Waals surface area contributed by atoms with Crippen molar-refractivity contribution in [3.05, 3.63) is 65.2 Å². The molecule has 1 heterocycles. The maximum atomic E-state index is 12.2. The first-order chi connectivity index (χ1) is 13.4. The molecule has 3 rings (SSSR count). The van der Waals surface area contributed by atoms with Gasteiger partial charge in [-0.25, -0.2) is 4.79 Å². The van der Waals surface area contributed by atoms with E-state index in [4.69, 9.17) is 9.47 Å². The zero-order valence-corrected chi connectivity index (χ0v) is 17.0. The summed E-state index contributed by atoms with van der Waals surface area (Å²) < 4.78 is 11.6. The Kier molecular flexibility index (Phi) is 6.57. The van der Waals surface area contributed by atoms with Crippen LogP contribution in [0.25, 0.3) is 0 Å². The lowest BCUT2D eigenvalue weighted by molar-refractivity contribution is -0.0149. The second-order valence-electron chi connectivity index (χ2n) is 8.27. The van der Waals surface area contributed by atoms with Crippen LogP contribution in [0.15, 0.2) is 48.5 Å². The SMILES string of the molecule is CC(C)(C)OCc1cccc(CNC(=O)NCC2COc3ccccc3C2)c1. The molecule has 28 heavy (non-hydrogen) atoms. The van der Waals surface area contributed by atoms with E-state index < -0.39 is 0 Å². The third-order valence-corrected chi connectivity index (χ3v) is 4.62. The lowest BCUT2D eigenvalue weighted by atomic mass is 9.97. The Hall–Kier alpha value is -2.53. The number of benzene rings is 2. The monoisotopic (exact) mass is 382 g/mol. The molecule has 2 amide bonds. The van der Waals surface area contributed by atoms with Crippen molar-refractivity contribution in [2.24, 2.45) is 5.92 Å². The number of hydrogen-bond acceptors (Lipinski definition) is 3. The van der Waals surface area contributed by atoms with Crippen molar-refractivity contribution < 1.29 is 14.3 Å². The first-order valence-corrected chi connectivity index (χ1v) is 9.83. The van der Waals surface area contributed by atoms with Crippen LogP contribution in [-0.2, 0) is 24.3 Å². The Bertz CT molecular complexity index is 798. The van der Waals surface area contributed by atoms with Gasteiger partial charge in [0.25, 0.3) is 0 Å². The molecule has 0 radical (unpaired) electrons. The third-order valence-electron chi connectivity index (χ3n) is 4.62. The maximum absolute atomic E-state index is 12.2. The lowest BCUT2D eigenvalue weighted by Crippen LogP contribution is -2.40. The van der Waals surface area contributed by atoms with Crippen LogP contribution < -0.4 is 15.4 Å². The number of fused-ring (bicyclic) bond motifs is 1. The molecule has 1 unspecified atom stereocenters. The van der Waals surface area contributed by atoms with E-state index >= 15 is 0 Å². The summed E-state index contributed by atoms with van der Waals surface area (Å²) in [4.78, 5) is 12.2. The predicted molar refractivity (Wildman–Crippen MR) is 110 cm³/mol. The number of carbonyl (C=O) groups is 1. The molecule has 1 atom stereocenters. The number of hydrogen-bond donors (Lipinski definition) is 2. The molecular formula is C23H30N2O3. The summed E-state index contributed by atoms with van der Waals surface area (Å²) in [5.41, 5.74) is 3.19. The standard InChI is InChI=1S/C23H30N2O3/c1-23(2,3)28-16-18-8-6-7-17(11-18)13-24-22(26)25-14-19-12-20-9-4-5-10-21(20)27-15-19/h4-11,19H,12-16H2,1-3H3,(H2,24,25,26). The summed E-state index contributed by atoms with van der Waals surface area (Å²) in [6.07, 6.45) is 0.923. The van der Waals surface area contributed by atoms with E-state index in [0.717, 1.165) is 23.3 Å². The molecule has 0 spiro atoms. The minimum absolute atomic E-state index is 0.157. The molecule has 0 saturated carbocycles. The summed E-state index contributed by atoms with van der Waals surface area (Å²) in [5.74, 6) is 1.25. The Morgan fingerprint density at radius 1 is 1.11 bits per heavy atom. The van der Waals surface area contributed by atoms with Gasteiger partial charge in [-0.3, -0.25) is 0 Å². The fourth-order valence-corrected chi connectivity index (χ4v) is 3.13. The zero-order chi connectivity index (χ0) is 20.0. The summed E-state index contributed by atoms with van der Waals surface area (Å²) >= 11 is 0. The smallest absolute Gasteiger partial charge is 0.315 e. The van der Waals surface area contributed by atoms with E-state index in [1.54, 1.807) is 0 Å². The van der Waals surface area contributed by atoms with Crippen LogP contribution in [0.1, 0.15) is 37.5 Å². The summed E-state index contributed by atoms with van der Waals surface area (Å²) in [5, 5.41) is 5.88. The second kappa shape index (κ2) is 9.11. The van der Waals surface area contributed by atoms with Gasteiger partial charge in [0.05, 0.1) is 18.8 Å². The minimum atomic E-state index is -0.169. The van der Waals surface area contributed by atoms with Crippen molar-refractivity contribution in [2.45, 2.75) is 45.9 Å². The highest BCUT2D eigenvalue weighted by Crippen LogP contribution is 2.26. The van der Waals surface area contributed by atoms with E-state index in [-0.39, 0.29) is 11.6 Å². The average Bonchev–Trinajstić information content (AvgIpc) is 2.69. The second-order valence-corrected chi connectivity index (χ2v) is 8.27. The van der Waals surface area contributed by atoms with Crippen LogP contribution in [0.3, 0.4) is 0 Å².